The smallest absolute Gasteiger partial charge is 0.220 e. The number of imidazole rings is 1. The van der Waals surface area contributed by atoms with E-state index in [4.69, 9.17) is 4.98 Å². The second-order valence-corrected chi connectivity index (χ2v) is 8.75. The van der Waals surface area contributed by atoms with Gasteiger partial charge in [-0.25, -0.2) is 4.98 Å². The molecule has 0 radical (unpaired) electrons. The number of aromatic nitrogens is 2. The van der Waals surface area contributed by atoms with E-state index in [2.05, 4.69) is 69.0 Å². The van der Waals surface area contributed by atoms with Crippen LogP contribution in [0, 0.1) is 0 Å². The Kier molecular flexibility index (Phi) is 6.82. The minimum atomic E-state index is 0.0770. The number of nitrogens with one attached hydrogen (secondary N) is 1. The highest BCUT2D eigenvalue weighted by molar-refractivity contribution is 9.10. The van der Waals surface area contributed by atoms with Crippen LogP contribution in [0.4, 0.5) is 0 Å². The van der Waals surface area contributed by atoms with Gasteiger partial charge in [0.25, 0.3) is 0 Å². The summed E-state index contributed by atoms with van der Waals surface area (Å²) in [5.41, 5.74) is 5.24. The van der Waals surface area contributed by atoms with Crippen molar-refractivity contribution >= 4 is 27.5 Å². The molecule has 31 heavy (non-hydrogen) atoms. The van der Waals surface area contributed by atoms with Crippen LogP contribution in [0.3, 0.4) is 0 Å². The zero-order chi connectivity index (χ0) is 21.6. The van der Waals surface area contributed by atoms with Gasteiger partial charge in [-0.05, 0) is 56.0 Å². The number of fused-ring (bicyclic) bond motifs is 1. The van der Waals surface area contributed by atoms with Crippen LogP contribution in [0.5, 0.6) is 0 Å². The number of nitrogens with zero attached hydrogens (tertiary/aromatic N) is 2. The molecule has 0 bridgehead atoms. The number of halogens is 1. The summed E-state index contributed by atoms with van der Waals surface area (Å²) in [6.45, 7) is 2.07. The first-order chi connectivity index (χ1) is 15.1. The number of carbonyl (C=O) groups excluding carboxylic acids is 1. The molecule has 2 aromatic heterocycles. The highest BCUT2D eigenvalue weighted by Crippen LogP contribution is 2.27. The van der Waals surface area contributed by atoms with Gasteiger partial charge in [-0.1, -0.05) is 64.5 Å². The molecule has 0 spiro atoms. The molecule has 4 nitrogen and oxygen atoms in total. The van der Waals surface area contributed by atoms with Gasteiger partial charge < -0.3 is 9.72 Å². The minimum Gasteiger partial charge on any atom is -0.354 e. The summed E-state index contributed by atoms with van der Waals surface area (Å²) in [5.74, 6) is 0.0770. The van der Waals surface area contributed by atoms with Gasteiger partial charge >= 0.3 is 0 Å². The van der Waals surface area contributed by atoms with Crippen molar-refractivity contribution < 1.29 is 4.79 Å². The number of rotatable bonds is 8. The van der Waals surface area contributed by atoms with Crippen LogP contribution in [-0.4, -0.2) is 21.3 Å². The monoisotopic (exact) mass is 475 g/mol. The molecule has 2 heterocycles. The Morgan fingerprint density at radius 3 is 2.52 bits per heavy atom. The molecule has 1 N–H and O–H groups in total. The van der Waals surface area contributed by atoms with Crippen LogP contribution < -0.4 is 5.32 Å². The van der Waals surface area contributed by atoms with E-state index in [0.717, 1.165) is 39.9 Å². The fraction of sp³-hybridized carbons (Fsp3) is 0.231. The first-order valence-corrected chi connectivity index (χ1v) is 11.4. The third-order valence-electron chi connectivity index (χ3n) is 5.45. The maximum Gasteiger partial charge on any atom is 0.220 e. The van der Waals surface area contributed by atoms with Gasteiger partial charge in [0.05, 0.1) is 11.4 Å². The Bertz CT molecular complexity index is 1150. The van der Waals surface area contributed by atoms with Crippen LogP contribution in [0.1, 0.15) is 31.0 Å². The lowest BCUT2D eigenvalue weighted by molar-refractivity contribution is -0.121. The first-order valence-electron chi connectivity index (χ1n) is 10.7. The van der Waals surface area contributed by atoms with E-state index in [1.165, 1.54) is 5.56 Å². The van der Waals surface area contributed by atoms with Crippen LogP contribution in [-0.2, 0) is 17.6 Å². The van der Waals surface area contributed by atoms with Crippen molar-refractivity contribution in [2.24, 2.45) is 0 Å². The third kappa shape index (κ3) is 5.42. The van der Waals surface area contributed by atoms with Crippen LogP contribution in [0.2, 0.25) is 0 Å². The molecule has 0 aliphatic heterocycles. The maximum absolute atomic E-state index is 12.6. The summed E-state index contributed by atoms with van der Waals surface area (Å²) in [6.07, 6.45) is 4.97. The lowest BCUT2D eigenvalue weighted by Crippen LogP contribution is -2.33. The molecular formula is C26H26BrN3O. The molecular weight excluding hydrogens is 450 g/mol. The molecule has 2 aromatic carbocycles. The summed E-state index contributed by atoms with van der Waals surface area (Å²) in [7, 11) is 0. The summed E-state index contributed by atoms with van der Waals surface area (Å²) in [5, 5.41) is 3.15. The lowest BCUT2D eigenvalue weighted by Gasteiger charge is -2.14. The number of amides is 1. The van der Waals surface area contributed by atoms with E-state index in [9.17, 15) is 4.79 Å². The molecule has 1 unspecified atom stereocenters. The highest BCUT2D eigenvalue weighted by atomic mass is 79.9. The molecule has 0 saturated carbocycles. The molecule has 158 valence electrons. The summed E-state index contributed by atoms with van der Waals surface area (Å²) in [4.78, 5) is 17.5. The fourth-order valence-corrected chi connectivity index (χ4v) is 4.07. The van der Waals surface area contributed by atoms with Gasteiger partial charge in [-0.15, -0.1) is 0 Å². The van der Waals surface area contributed by atoms with Gasteiger partial charge in [-0.3, -0.25) is 4.79 Å². The second-order valence-electron chi connectivity index (χ2n) is 7.84. The molecule has 0 aliphatic carbocycles. The van der Waals surface area contributed by atoms with Crippen molar-refractivity contribution in [1.29, 1.82) is 0 Å². The maximum atomic E-state index is 12.6. The predicted molar refractivity (Wildman–Crippen MR) is 129 cm³/mol. The van der Waals surface area contributed by atoms with E-state index in [1.807, 2.05) is 42.6 Å². The first kappa shape index (κ1) is 21.3. The second kappa shape index (κ2) is 9.92. The largest absolute Gasteiger partial charge is 0.354 e. The minimum absolute atomic E-state index is 0.0770. The Morgan fingerprint density at radius 1 is 1.00 bits per heavy atom. The summed E-state index contributed by atoms with van der Waals surface area (Å²) in [6, 6.07) is 24.7. The van der Waals surface area contributed by atoms with Crippen LogP contribution in [0.15, 0.2) is 83.5 Å². The zero-order valence-electron chi connectivity index (χ0n) is 17.6. The number of benzene rings is 2. The quantitative estimate of drug-likeness (QED) is 0.348. The van der Waals surface area contributed by atoms with Crippen LogP contribution >= 0.6 is 15.9 Å². The molecule has 1 atom stereocenters. The van der Waals surface area contributed by atoms with Gasteiger partial charge in [0.2, 0.25) is 5.91 Å². The van der Waals surface area contributed by atoms with Crippen molar-refractivity contribution in [3.05, 3.63) is 94.7 Å². The van der Waals surface area contributed by atoms with Crippen molar-refractivity contribution in [1.82, 2.24) is 14.7 Å². The fourth-order valence-electron chi connectivity index (χ4n) is 3.80. The topological polar surface area (TPSA) is 46.4 Å². The number of pyridine rings is 1. The van der Waals surface area contributed by atoms with E-state index in [-0.39, 0.29) is 11.9 Å². The molecule has 4 rings (SSSR count). The van der Waals surface area contributed by atoms with E-state index in [0.29, 0.717) is 12.8 Å². The summed E-state index contributed by atoms with van der Waals surface area (Å²) >= 11 is 3.49. The lowest BCUT2D eigenvalue weighted by atomic mass is 10.1. The Hall–Kier alpha value is -2.92. The van der Waals surface area contributed by atoms with Gasteiger partial charge in [-0.2, -0.15) is 0 Å². The van der Waals surface area contributed by atoms with Crippen LogP contribution in [0.25, 0.3) is 16.9 Å². The molecule has 0 fully saturated rings. The van der Waals surface area contributed by atoms with Gasteiger partial charge in [0.15, 0.2) is 0 Å². The number of hydrogen-bond acceptors (Lipinski definition) is 2. The van der Waals surface area contributed by atoms with E-state index in [1.54, 1.807) is 0 Å². The zero-order valence-corrected chi connectivity index (χ0v) is 19.2. The molecule has 4 aromatic rings. The number of hydrogen-bond donors (Lipinski definition) is 1. The molecule has 0 saturated heterocycles. The van der Waals surface area contributed by atoms with Crippen molar-refractivity contribution in [3.63, 3.8) is 0 Å². The standard InChI is InChI=1S/C26H26BrN3O/c1-19(10-11-20-7-3-2-4-8-20)28-25(31)17-16-23-26(21-12-14-22(27)15-13-21)29-24-9-5-6-18-30(23)24/h2-9,12-15,18-19H,10-11,16-17H2,1H3,(H,28,31). The Labute approximate surface area is 191 Å². The van der Waals surface area contributed by atoms with E-state index >= 15 is 0 Å². The predicted octanol–water partition coefficient (Wildman–Crippen LogP) is 5.83. The highest BCUT2D eigenvalue weighted by Gasteiger charge is 2.16. The Balaban J connectivity index is 1.42. The number of aryl methyl sites for hydroxylation is 2. The van der Waals surface area contributed by atoms with E-state index < -0.39 is 0 Å². The summed E-state index contributed by atoms with van der Waals surface area (Å²) < 4.78 is 3.12. The normalized spacial score (nSPS) is 12.1. The molecule has 1 amide bonds. The van der Waals surface area contributed by atoms with Crippen molar-refractivity contribution in [3.8, 4) is 11.3 Å². The average molecular weight is 476 g/mol. The van der Waals surface area contributed by atoms with Gasteiger partial charge in [0.1, 0.15) is 5.65 Å². The Morgan fingerprint density at radius 2 is 1.74 bits per heavy atom. The third-order valence-corrected chi connectivity index (χ3v) is 5.98. The molecule has 5 heteroatoms. The number of carbonyl (C=O) groups is 1. The molecule has 0 aliphatic rings. The van der Waals surface area contributed by atoms with Gasteiger partial charge in [0, 0.05) is 28.7 Å². The van der Waals surface area contributed by atoms with Crippen molar-refractivity contribution in [2.45, 2.75) is 38.6 Å². The SMILES string of the molecule is CC(CCc1ccccc1)NC(=O)CCc1c(-c2ccc(Br)cc2)nc2ccccn12. The average Bonchev–Trinajstić information content (AvgIpc) is 3.16. The van der Waals surface area contributed by atoms with Crippen molar-refractivity contribution in [2.75, 3.05) is 0 Å².